The molecule has 1 aliphatic heterocycles. The summed E-state index contributed by atoms with van der Waals surface area (Å²) in [6.45, 7) is 5.92. The van der Waals surface area contributed by atoms with Crippen molar-refractivity contribution in [3.63, 3.8) is 0 Å². The lowest BCUT2D eigenvalue weighted by Crippen LogP contribution is -2.53. The molecule has 6 nitrogen and oxygen atoms in total. The lowest BCUT2D eigenvalue weighted by Gasteiger charge is -2.42. The number of rotatable bonds is 12. The van der Waals surface area contributed by atoms with E-state index in [1.54, 1.807) is 14.2 Å². The first-order chi connectivity index (χ1) is 17.7. The van der Waals surface area contributed by atoms with Gasteiger partial charge in [0, 0.05) is 7.11 Å². The van der Waals surface area contributed by atoms with Crippen molar-refractivity contribution in [2.75, 3.05) is 20.8 Å². The van der Waals surface area contributed by atoms with Crippen LogP contribution in [0.1, 0.15) is 16.7 Å². The van der Waals surface area contributed by atoms with Gasteiger partial charge in [-0.3, -0.25) is 0 Å². The number of methoxy groups -OCH3 is 2. The highest BCUT2D eigenvalue weighted by Gasteiger charge is 2.43. The highest BCUT2D eigenvalue weighted by Crippen LogP contribution is 2.31. The van der Waals surface area contributed by atoms with E-state index in [-0.39, 0.29) is 0 Å². The highest BCUT2D eigenvalue weighted by molar-refractivity contribution is 5.26. The molecule has 3 aromatic carbocycles. The molecule has 0 aromatic heterocycles. The van der Waals surface area contributed by atoms with Crippen LogP contribution >= 0.6 is 0 Å². The first-order valence-corrected chi connectivity index (χ1v) is 12.1. The van der Waals surface area contributed by atoms with Crippen molar-refractivity contribution in [1.29, 1.82) is 0 Å². The summed E-state index contributed by atoms with van der Waals surface area (Å²) in [7, 11) is 3.26. The molecule has 190 valence electrons. The van der Waals surface area contributed by atoms with Crippen molar-refractivity contribution in [2.45, 2.75) is 44.4 Å². The monoisotopic (exact) mass is 490 g/mol. The van der Waals surface area contributed by atoms with Gasteiger partial charge in [0.25, 0.3) is 0 Å². The quantitative estimate of drug-likeness (QED) is 0.321. The Morgan fingerprint density at radius 1 is 0.722 bits per heavy atom. The second-order valence-corrected chi connectivity index (χ2v) is 8.65. The Hall–Kier alpha value is -3.00. The van der Waals surface area contributed by atoms with Gasteiger partial charge in [0.1, 0.15) is 24.1 Å². The molecule has 0 spiro atoms. The number of benzene rings is 3. The maximum absolute atomic E-state index is 6.38. The molecule has 1 fully saturated rings. The lowest BCUT2D eigenvalue weighted by atomic mass is 9.96. The van der Waals surface area contributed by atoms with Crippen LogP contribution in [0.25, 0.3) is 0 Å². The summed E-state index contributed by atoms with van der Waals surface area (Å²) in [4.78, 5) is 0. The predicted molar refractivity (Wildman–Crippen MR) is 137 cm³/mol. The lowest BCUT2D eigenvalue weighted by molar-refractivity contribution is -0.265. The van der Waals surface area contributed by atoms with Gasteiger partial charge in [-0.25, -0.2) is 0 Å². The predicted octanol–water partition coefficient (Wildman–Crippen LogP) is 5.31. The van der Waals surface area contributed by atoms with E-state index in [1.807, 2.05) is 84.9 Å². The van der Waals surface area contributed by atoms with E-state index in [0.29, 0.717) is 26.4 Å². The highest BCUT2D eigenvalue weighted by atomic mass is 16.7. The van der Waals surface area contributed by atoms with Crippen LogP contribution in [-0.2, 0) is 43.5 Å². The Kier molecular flexibility index (Phi) is 9.67. The minimum Gasteiger partial charge on any atom is -0.497 e. The molecule has 3 aromatic rings. The molecule has 36 heavy (non-hydrogen) atoms. The molecule has 1 saturated heterocycles. The summed E-state index contributed by atoms with van der Waals surface area (Å²) in [5.41, 5.74) is 3.94. The van der Waals surface area contributed by atoms with E-state index >= 15 is 0 Å². The normalized spacial score (nSPS) is 21.9. The third-order valence-corrected chi connectivity index (χ3v) is 6.13. The van der Waals surface area contributed by atoms with Gasteiger partial charge in [0.05, 0.1) is 33.5 Å². The molecule has 1 aliphatic rings. The second kappa shape index (κ2) is 13.3. The van der Waals surface area contributed by atoms with Crippen molar-refractivity contribution >= 4 is 0 Å². The summed E-state index contributed by atoms with van der Waals surface area (Å²) >= 11 is 0. The zero-order valence-corrected chi connectivity index (χ0v) is 20.9. The third kappa shape index (κ3) is 7.03. The van der Waals surface area contributed by atoms with Gasteiger partial charge >= 0.3 is 0 Å². The molecule has 1 heterocycles. The molecule has 0 radical (unpaired) electrons. The maximum Gasteiger partial charge on any atom is 0.187 e. The Bertz CT molecular complexity index is 1050. The largest absolute Gasteiger partial charge is 0.497 e. The van der Waals surface area contributed by atoms with Gasteiger partial charge in [-0.1, -0.05) is 79.4 Å². The number of hydrogen-bond donors (Lipinski definition) is 0. The first-order valence-electron chi connectivity index (χ1n) is 12.1. The second-order valence-electron chi connectivity index (χ2n) is 8.65. The van der Waals surface area contributed by atoms with E-state index in [9.17, 15) is 0 Å². The standard InChI is InChI=1S/C30H34O6/c1-22-27(21-33-18-25-14-16-26(31-2)17-15-25)36-30(32-3)29(35-20-24-12-8-5-9-13-24)28(22)34-19-23-10-6-4-7-11-23/h4-17,27-30H,1,18-21H2,2-3H3/t27-,28+,29-,30+/m1/s1. The summed E-state index contributed by atoms with van der Waals surface area (Å²) in [5.74, 6) is 0.811. The van der Waals surface area contributed by atoms with E-state index in [1.165, 1.54) is 0 Å². The van der Waals surface area contributed by atoms with Crippen LogP contribution in [0.15, 0.2) is 97.1 Å². The van der Waals surface area contributed by atoms with Crippen molar-refractivity contribution < 1.29 is 28.4 Å². The van der Waals surface area contributed by atoms with Crippen LogP contribution in [-0.4, -0.2) is 45.4 Å². The molecule has 0 saturated carbocycles. The third-order valence-electron chi connectivity index (χ3n) is 6.13. The van der Waals surface area contributed by atoms with Gasteiger partial charge in [0.2, 0.25) is 0 Å². The Morgan fingerprint density at radius 2 is 1.31 bits per heavy atom. The van der Waals surface area contributed by atoms with Crippen molar-refractivity contribution in [2.24, 2.45) is 0 Å². The smallest absolute Gasteiger partial charge is 0.187 e. The summed E-state index contributed by atoms with van der Waals surface area (Å²) in [6, 6.07) is 27.8. The van der Waals surface area contributed by atoms with Gasteiger partial charge < -0.3 is 28.4 Å². The maximum atomic E-state index is 6.38. The average molecular weight is 491 g/mol. The van der Waals surface area contributed by atoms with Gasteiger partial charge in [0.15, 0.2) is 6.29 Å². The summed E-state index contributed by atoms with van der Waals surface area (Å²) in [6.07, 6.45) is -1.94. The fourth-order valence-electron chi connectivity index (χ4n) is 4.10. The van der Waals surface area contributed by atoms with Gasteiger partial charge in [-0.05, 0) is 34.4 Å². The van der Waals surface area contributed by atoms with Crippen LogP contribution in [0.2, 0.25) is 0 Å². The Labute approximate surface area is 213 Å². The minimum atomic E-state index is -0.630. The Balaban J connectivity index is 1.43. The minimum absolute atomic E-state index is 0.321. The molecule has 6 heteroatoms. The van der Waals surface area contributed by atoms with Crippen LogP contribution < -0.4 is 4.74 Å². The summed E-state index contributed by atoms with van der Waals surface area (Å²) < 4.78 is 35.8. The molecular formula is C30H34O6. The van der Waals surface area contributed by atoms with E-state index < -0.39 is 24.6 Å². The molecule has 0 aliphatic carbocycles. The summed E-state index contributed by atoms with van der Waals surface area (Å²) in [5, 5.41) is 0. The van der Waals surface area contributed by atoms with E-state index in [0.717, 1.165) is 28.0 Å². The zero-order valence-electron chi connectivity index (χ0n) is 20.9. The molecule has 4 rings (SSSR count). The fraction of sp³-hybridized carbons (Fsp3) is 0.333. The molecule has 0 amide bonds. The number of ether oxygens (including phenoxy) is 6. The van der Waals surface area contributed by atoms with E-state index in [4.69, 9.17) is 28.4 Å². The molecule has 0 N–H and O–H groups in total. The zero-order chi connectivity index (χ0) is 25.2. The Morgan fingerprint density at radius 3 is 1.89 bits per heavy atom. The van der Waals surface area contributed by atoms with Gasteiger partial charge in [-0.15, -0.1) is 0 Å². The van der Waals surface area contributed by atoms with Crippen molar-refractivity contribution in [3.05, 3.63) is 114 Å². The van der Waals surface area contributed by atoms with Crippen LogP contribution in [0.5, 0.6) is 5.75 Å². The van der Waals surface area contributed by atoms with Crippen LogP contribution in [0.3, 0.4) is 0 Å². The van der Waals surface area contributed by atoms with E-state index in [2.05, 4.69) is 6.58 Å². The SMILES string of the molecule is C=C1[C@@H](COCc2ccc(OC)cc2)O[C@H](OC)[C@H](OCc2ccccc2)[C@H]1OCc1ccccc1. The molecule has 4 atom stereocenters. The number of hydrogen-bond acceptors (Lipinski definition) is 6. The molecular weight excluding hydrogens is 456 g/mol. The molecule has 0 bridgehead atoms. The van der Waals surface area contributed by atoms with Crippen molar-refractivity contribution in [3.8, 4) is 5.75 Å². The van der Waals surface area contributed by atoms with Crippen LogP contribution in [0.4, 0.5) is 0 Å². The fourth-order valence-corrected chi connectivity index (χ4v) is 4.10. The van der Waals surface area contributed by atoms with Gasteiger partial charge in [-0.2, -0.15) is 0 Å². The topological polar surface area (TPSA) is 55.4 Å². The first kappa shape index (κ1) is 26.1. The average Bonchev–Trinajstić information content (AvgIpc) is 2.93. The van der Waals surface area contributed by atoms with Crippen LogP contribution in [0, 0.1) is 0 Å². The van der Waals surface area contributed by atoms with Crippen molar-refractivity contribution in [1.82, 2.24) is 0 Å². The molecule has 0 unspecified atom stereocenters.